The molecule has 0 radical (unpaired) electrons. The molecule has 4 nitrogen and oxygen atoms in total. The van der Waals surface area contributed by atoms with Crippen LogP contribution in [-0.4, -0.2) is 40.7 Å². The molecule has 5 heteroatoms. The molecule has 0 aliphatic carbocycles. The normalized spacial score (nSPS) is 16.0. The number of benzene rings is 1. The Labute approximate surface area is 178 Å². The van der Waals surface area contributed by atoms with Gasteiger partial charge in [0.1, 0.15) is 6.54 Å². The van der Waals surface area contributed by atoms with E-state index in [0.717, 1.165) is 24.8 Å². The van der Waals surface area contributed by atoms with Crippen LogP contribution in [0, 0.1) is 6.92 Å². The van der Waals surface area contributed by atoms with E-state index in [9.17, 15) is 9.59 Å². The first-order chi connectivity index (χ1) is 13.9. The minimum atomic E-state index is -0.0714. The number of hydrogen-bond acceptors (Lipinski definition) is 3. The zero-order valence-electron chi connectivity index (χ0n) is 18.0. The summed E-state index contributed by atoms with van der Waals surface area (Å²) >= 11 is 1.77. The number of rotatable bonds is 7. The van der Waals surface area contributed by atoms with Crippen molar-refractivity contribution in [2.45, 2.75) is 65.5 Å². The first-order valence-corrected chi connectivity index (χ1v) is 11.5. The lowest BCUT2D eigenvalue weighted by Gasteiger charge is -2.38. The number of carbonyl (C=O) groups excluding carboxylic acids is 2. The summed E-state index contributed by atoms with van der Waals surface area (Å²) in [6.07, 6.45) is 3.24. The van der Waals surface area contributed by atoms with Crippen molar-refractivity contribution in [2.24, 2.45) is 0 Å². The van der Waals surface area contributed by atoms with Crippen LogP contribution >= 0.6 is 11.3 Å². The van der Waals surface area contributed by atoms with Crippen molar-refractivity contribution < 1.29 is 9.59 Å². The number of aryl methyl sites for hydroxylation is 1. The van der Waals surface area contributed by atoms with Crippen LogP contribution in [0.25, 0.3) is 0 Å². The maximum atomic E-state index is 13.4. The third kappa shape index (κ3) is 4.89. The van der Waals surface area contributed by atoms with Gasteiger partial charge in [0.25, 0.3) is 0 Å². The molecule has 0 saturated carbocycles. The van der Waals surface area contributed by atoms with Crippen molar-refractivity contribution >= 4 is 23.2 Å². The summed E-state index contributed by atoms with van der Waals surface area (Å²) in [4.78, 5) is 31.2. The van der Waals surface area contributed by atoms with Crippen molar-refractivity contribution in [3.05, 3.63) is 57.3 Å². The highest BCUT2D eigenvalue weighted by Crippen LogP contribution is 2.38. The largest absolute Gasteiger partial charge is 0.331 e. The number of nitrogens with zero attached hydrogens (tertiary/aromatic N) is 2. The highest BCUT2D eigenvalue weighted by Gasteiger charge is 2.34. The second-order valence-electron chi connectivity index (χ2n) is 8.17. The fraction of sp³-hybridized carbons (Fsp3) is 0.500. The number of amides is 2. The average Bonchev–Trinajstić information content (AvgIpc) is 3.18. The van der Waals surface area contributed by atoms with Gasteiger partial charge in [-0.25, -0.2) is 0 Å². The summed E-state index contributed by atoms with van der Waals surface area (Å²) in [5.74, 6) is 0.112. The van der Waals surface area contributed by atoms with Gasteiger partial charge >= 0.3 is 0 Å². The Morgan fingerprint density at radius 1 is 1.21 bits per heavy atom. The molecule has 0 bridgehead atoms. The number of hydrogen-bond donors (Lipinski definition) is 0. The summed E-state index contributed by atoms with van der Waals surface area (Å²) in [6, 6.07) is 10.6. The fourth-order valence-corrected chi connectivity index (χ4v) is 4.86. The van der Waals surface area contributed by atoms with Crippen LogP contribution < -0.4 is 0 Å². The van der Waals surface area contributed by atoms with Gasteiger partial charge in [-0.05, 0) is 56.2 Å². The first kappa shape index (κ1) is 21.6. The van der Waals surface area contributed by atoms with Gasteiger partial charge in [-0.15, -0.1) is 11.3 Å². The van der Waals surface area contributed by atoms with Crippen LogP contribution in [0.3, 0.4) is 0 Å². The molecule has 2 aromatic rings. The predicted octanol–water partition coefficient (Wildman–Crippen LogP) is 4.96. The topological polar surface area (TPSA) is 40.6 Å². The Morgan fingerprint density at radius 2 is 1.93 bits per heavy atom. The van der Waals surface area contributed by atoms with Crippen LogP contribution in [0.2, 0.25) is 0 Å². The van der Waals surface area contributed by atoms with Crippen LogP contribution in [-0.2, 0) is 16.0 Å². The van der Waals surface area contributed by atoms with Crippen molar-refractivity contribution in [3.8, 4) is 0 Å². The highest BCUT2D eigenvalue weighted by atomic mass is 32.1. The minimum Gasteiger partial charge on any atom is -0.331 e. The van der Waals surface area contributed by atoms with Gasteiger partial charge in [0.2, 0.25) is 11.8 Å². The lowest BCUT2D eigenvalue weighted by atomic mass is 9.92. The van der Waals surface area contributed by atoms with E-state index in [1.165, 1.54) is 16.0 Å². The van der Waals surface area contributed by atoms with Crippen molar-refractivity contribution in [2.75, 3.05) is 13.1 Å². The maximum Gasteiger partial charge on any atom is 0.243 e. The molecule has 1 aliphatic heterocycles. The lowest BCUT2D eigenvalue weighted by Crippen LogP contribution is -2.48. The Morgan fingerprint density at radius 3 is 2.59 bits per heavy atom. The van der Waals surface area contributed by atoms with Gasteiger partial charge in [-0.3, -0.25) is 9.59 Å². The summed E-state index contributed by atoms with van der Waals surface area (Å²) in [5, 5.41) is 2.12. The van der Waals surface area contributed by atoms with Gasteiger partial charge in [-0.1, -0.05) is 43.2 Å². The Balaban J connectivity index is 1.85. The lowest BCUT2D eigenvalue weighted by molar-refractivity contribution is -0.143. The third-order valence-corrected chi connectivity index (χ3v) is 6.67. The Hall–Kier alpha value is -2.14. The SMILES string of the molecule is CCCCC(=O)N(CC(=O)N1CCc2sccc2[C@@H]1c1ccc(C)cc1)C(C)C. The number of carbonyl (C=O) groups is 2. The second kappa shape index (κ2) is 9.57. The molecule has 0 N–H and O–H groups in total. The van der Waals surface area contributed by atoms with Crippen LogP contribution in [0.15, 0.2) is 35.7 Å². The average molecular weight is 413 g/mol. The van der Waals surface area contributed by atoms with E-state index in [0.29, 0.717) is 13.0 Å². The van der Waals surface area contributed by atoms with Crippen molar-refractivity contribution in [1.82, 2.24) is 9.80 Å². The minimum absolute atomic E-state index is 0.0163. The molecule has 3 rings (SSSR count). The molecule has 2 heterocycles. The van der Waals surface area contributed by atoms with E-state index in [1.54, 1.807) is 16.2 Å². The first-order valence-electron chi connectivity index (χ1n) is 10.6. The molecule has 1 aliphatic rings. The molecule has 1 aromatic heterocycles. The molecule has 156 valence electrons. The van der Waals surface area contributed by atoms with E-state index in [4.69, 9.17) is 0 Å². The highest BCUT2D eigenvalue weighted by molar-refractivity contribution is 7.10. The van der Waals surface area contributed by atoms with Crippen molar-refractivity contribution in [3.63, 3.8) is 0 Å². The van der Waals surface area contributed by atoms with E-state index in [2.05, 4.69) is 49.6 Å². The molecule has 0 saturated heterocycles. The maximum absolute atomic E-state index is 13.4. The Bertz CT molecular complexity index is 841. The van der Waals surface area contributed by atoms with Crippen LogP contribution in [0.5, 0.6) is 0 Å². The molecule has 0 spiro atoms. The summed E-state index contributed by atoms with van der Waals surface area (Å²) in [6.45, 7) is 8.98. The van der Waals surface area contributed by atoms with E-state index in [-0.39, 0.29) is 30.4 Å². The zero-order chi connectivity index (χ0) is 21.0. The van der Waals surface area contributed by atoms with E-state index in [1.807, 2.05) is 18.7 Å². The molecule has 1 atom stereocenters. The molecule has 0 fully saturated rings. The number of unbranched alkanes of at least 4 members (excludes halogenated alkanes) is 1. The summed E-state index contributed by atoms with van der Waals surface area (Å²) < 4.78 is 0. The predicted molar refractivity (Wildman–Crippen MR) is 119 cm³/mol. The summed E-state index contributed by atoms with van der Waals surface area (Å²) in [5.41, 5.74) is 3.57. The number of thiophene rings is 1. The van der Waals surface area contributed by atoms with Gasteiger partial charge < -0.3 is 9.80 Å². The molecule has 0 unspecified atom stereocenters. The molecular formula is C24H32N2O2S. The van der Waals surface area contributed by atoms with E-state index >= 15 is 0 Å². The zero-order valence-corrected chi connectivity index (χ0v) is 18.8. The molecule has 29 heavy (non-hydrogen) atoms. The van der Waals surface area contributed by atoms with Crippen LogP contribution in [0.1, 0.15) is 67.6 Å². The van der Waals surface area contributed by atoms with Gasteiger partial charge in [-0.2, -0.15) is 0 Å². The molecular weight excluding hydrogens is 380 g/mol. The van der Waals surface area contributed by atoms with E-state index < -0.39 is 0 Å². The monoisotopic (exact) mass is 412 g/mol. The van der Waals surface area contributed by atoms with Gasteiger partial charge in [0, 0.05) is 23.9 Å². The molecule has 2 amide bonds. The number of fused-ring (bicyclic) bond motifs is 1. The Kier molecular flexibility index (Phi) is 7.12. The third-order valence-electron chi connectivity index (χ3n) is 5.67. The van der Waals surface area contributed by atoms with Crippen molar-refractivity contribution in [1.29, 1.82) is 0 Å². The fourth-order valence-electron chi connectivity index (χ4n) is 3.96. The standard InChI is InChI=1S/C24H32N2O2S/c1-5-6-7-22(27)26(17(2)3)16-23(28)25-14-12-21-20(13-15-29-21)24(25)19-10-8-18(4)9-11-19/h8-11,13,15,17,24H,5-7,12,14,16H2,1-4H3/t24-/m0/s1. The smallest absolute Gasteiger partial charge is 0.243 e. The quantitative estimate of drug-likeness (QED) is 0.645. The summed E-state index contributed by atoms with van der Waals surface area (Å²) in [7, 11) is 0. The van der Waals surface area contributed by atoms with Crippen LogP contribution in [0.4, 0.5) is 0 Å². The van der Waals surface area contributed by atoms with Gasteiger partial charge in [0.05, 0.1) is 6.04 Å². The van der Waals surface area contributed by atoms with Gasteiger partial charge in [0.15, 0.2) is 0 Å². The molecule has 1 aromatic carbocycles. The second-order valence-corrected chi connectivity index (χ2v) is 9.17.